The van der Waals surface area contributed by atoms with Gasteiger partial charge in [0.25, 0.3) is 0 Å². The van der Waals surface area contributed by atoms with Crippen molar-refractivity contribution >= 4 is 27.2 Å². The number of sulfonamides is 1. The molecular formula is C9H20N2O2S2. The van der Waals surface area contributed by atoms with Gasteiger partial charge in [0.1, 0.15) is 5.25 Å². The van der Waals surface area contributed by atoms with Crippen LogP contribution in [0.5, 0.6) is 0 Å². The summed E-state index contributed by atoms with van der Waals surface area (Å²) < 4.78 is 26.0. The number of rotatable bonds is 6. The standard InChI is InChI=1S/C9H20N2O2S2/c1-5-6(2)7(3)11-15(12,13)8(4)9(10)14/h6-8,11H,5H2,1-4H3,(H2,10,14). The fraction of sp³-hybridized carbons (Fsp3) is 0.889. The second-order valence-electron chi connectivity index (χ2n) is 3.88. The minimum atomic E-state index is -3.43. The molecule has 0 rings (SSSR count). The largest absolute Gasteiger partial charge is 0.392 e. The van der Waals surface area contributed by atoms with E-state index in [0.29, 0.717) is 5.92 Å². The highest BCUT2D eigenvalue weighted by molar-refractivity contribution is 7.93. The van der Waals surface area contributed by atoms with E-state index in [-0.39, 0.29) is 11.0 Å². The van der Waals surface area contributed by atoms with Crippen LogP contribution in [-0.2, 0) is 10.0 Å². The van der Waals surface area contributed by atoms with Crippen LogP contribution in [0.4, 0.5) is 0 Å². The molecule has 3 atom stereocenters. The van der Waals surface area contributed by atoms with Crippen molar-refractivity contribution in [3.63, 3.8) is 0 Å². The zero-order valence-corrected chi connectivity index (χ0v) is 11.3. The third kappa shape index (κ3) is 4.44. The average molecular weight is 252 g/mol. The van der Waals surface area contributed by atoms with Gasteiger partial charge in [0.05, 0.1) is 4.99 Å². The van der Waals surface area contributed by atoms with Gasteiger partial charge in [0.2, 0.25) is 10.0 Å². The smallest absolute Gasteiger partial charge is 0.220 e. The molecule has 0 radical (unpaired) electrons. The van der Waals surface area contributed by atoms with E-state index < -0.39 is 15.3 Å². The van der Waals surface area contributed by atoms with Crippen LogP contribution in [0.15, 0.2) is 0 Å². The van der Waals surface area contributed by atoms with Crippen LogP contribution in [0.3, 0.4) is 0 Å². The highest BCUT2D eigenvalue weighted by Crippen LogP contribution is 2.09. The normalized spacial score (nSPS) is 18.1. The van der Waals surface area contributed by atoms with Crippen LogP contribution in [0, 0.1) is 5.92 Å². The molecule has 3 N–H and O–H groups in total. The van der Waals surface area contributed by atoms with Gasteiger partial charge in [0, 0.05) is 6.04 Å². The molecule has 0 aromatic carbocycles. The highest BCUT2D eigenvalue weighted by atomic mass is 32.2. The summed E-state index contributed by atoms with van der Waals surface area (Å²) in [6.07, 6.45) is 0.922. The summed E-state index contributed by atoms with van der Waals surface area (Å²) in [5, 5.41) is -0.820. The van der Waals surface area contributed by atoms with E-state index in [4.69, 9.17) is 5.73 Å². The molecule has 6 heteroatoms. The first-order chi connectivity index (χ1) is 6.72. The Hall–Kier alpha value is -0.200. The maximum Gasteiger partial charge on any atom is 0.220 e. The van der Waals surface area contributed by atoms with Crippen molar-refractivity contribution in [2.24, 2.45) is 11.7 Å². The molecule has 0 fully saturated rings. The number of nitrogens with one attached hydrogen (secondary N) is 1. The Balaban J connectivity index is 4.59. The SMILES string of the molecule is CCC(C)C(C)NS(=O)(=O)C(C)C(N)=S. The molecule has 0 amide bonds. The summed E-state index contributed by atoms with van der Waals surface area (Å²) >= 11 is 4.67. The zero-order chi connectivity index (χ0) is 12.2. The molecule has 0 bridgehead atoms. The first-order valence-electron chi connectivity index (χ1n) is 5.02. The van der Waals surface area contributed by atoms with Gasteiger partial charge in [-0.1, -0.05) is 32.5 Å². The van der Waals surface area contributed by atoms with Crippen molar-refractivity contribution in [3.05, 3.63) is 0 Å². The number of hydrogen-bond donors (Lipinski definition) is 2. The van der Waals surface area contributed by atoms with Gasteiger partial charge in [-0.15, -0.1) is 0 Å². The maximum atomic E-state index is 11.7. The lowest BCUT2D eigenvalue weighted by Gasteiger charge is -2.22. The molecule has 0 aromatic rings. The first-order valence-corrected chi connectivity index (χ1v) is 6.98. The third-order valence-corrected chi connectivity index (χ3v) is 5.10. The number of hydrogen-bond acceptors (Lipinski definition) is 3. The topological polar surface area (TPSA) is 72.2 Å². The summed E-state index contributed by atoms with van der Waals surface area (Å²) in [6.45, 7) is 7.36. The monoisotopic (exact) mass is 252 g/mol. The lowest BCUT2D eigenvalue weighted by atomic mass is 10.0. The molecule has 0 aliphatic carbocycles. The Morgan fingerprint density at radius 1 is 1.40 bits per heavy atom. The van der Waals surface area contributed by atoms with Crippen molar-refractivity contribution in [1.29, 1.82) is 0 Å². The Kier molecular flexibility index (Phi) is 5.69. The summed E-state index contributed by atoms with van der Waals surface area (Å²) in [7, 11) is -3.43. The molecule has 0 aromatic heterocycles. The van der Waals surface area contributed by atoms with Crippen LogP contribution in [-0.4, -0.2) is 24.7 Å². The van der Waals surface area contributed by atoms with Crippen molar-refractivity contribution in [2.75, 3.05) is 0 Å². The fourth-order valence-electron chi connectivity index (χ4n) is 0.984. The van der Waals surface area contributed by atoms with Crippen LogP contribution < -0.4 is 10.5 Å². The van der Waals surface area contributed by atoms with E-state index in [0.717, 1.165) is 6.42 Å². The van der Waals surface area contributed by atoms with Gasteiger partial charge in [0.15, 0.2) is 0 Å². The molecule has 0 spiro atoms. The highest BCUT2D eigenvalue weighted by Gasteiger charge is 2.26. The second kappa shape index (κ2) is 5.77. The lowest BCUT2D eigenvalue weighted by Crippen LogP contribution is -2.45. The van der Waals surface area contributed by atoms with Gasteiger partial charge in [-0.2, -0.15) is 0 Å². The predicted molar refractivity (Wildman–Crippen MR) is 67.2 cm³/mol. The summed E-state index contributed by atoms with van der Waals surface area (Å²) in [6, 6.07) is -0.100. The van der Waals surface area contributed by atoms with E-state index in [1.807, 2.05) is 20.8 Å². The Labute approximate surface area is 97.7 Å². The predicted octanol–water partition coefficient (Wildman–Crippen LogP) is 1.01. The van der Waals surface area contributed by atoms with Crippen LogP contribution in [0.25, 0.3) is 0 Å². The fourth-order valence-corrected chi connectivity index (χ4v) is 2.62. The van der Waals surface area contributed by atoms with E-state index in [1.165, 1.54) is 6.92 Å². The van der Waals surface area contributed by atoms with Crippen molar-refractivity contribution in [3.8, 4) is 0 Å². The lowest BCUT2D eigenvalue weighted by molar-refractivity contribution is 0.433. The summed E-state index contributed by atoms with van der Waals surface area (Å²) in [4.78, 5) is -0.00106. The molecule has 0 aliphatic rings. The molecule has 4 nitrogen and oxygen atoms in total. The molecule has 0 heterocycles. The molecule has 0 saturated heterocycles. The van der Waals surface area contributed by atoms with Crippen molar-refractivity contribution in [1.82, 2.24) is 4.72 Å². The first kappa shape index (κ1) is 14.8. The minimum absolute atomic E-state index is 0.00106. The number of thiocarbonyl (C=S) groups is 1. The minimum Gasteiger partial charge on any atom is -0.392 e. The van der Waals surface area contributed by atoms with E-state index >= 15 is 0 Å². The summed E-state index contributed by atoms with van der Waals surface area (Å²) in [5.74, 6) is 0.290. The number of nitrogens with two attached hydrogens (primary N) is 1. The maximum absolute atomic E-state index is 11.7. The Morgan fingerprint density at radius 3 is 2.20 bits per heavy atom. The van der Waals surface area contributed by atoms with Crippen LogP contribution in [0.1, 0.15) is 34.1 Å². The van der Waals surface area contributed by atoms with Crippen LogP contribution >= 0.6 is 12.2 Å². The van der Waals surface area contributed by atoms with Gasteiger partial charge < -0.3 is 5.73 Å². The van der Waals surface area contributed by atoms with E-state index in [1.54, 1.807) is 0 Å². The molecule has 15 heavy (non-hydrogen) atoms. The van der Waals surface area contributed by atoms with Gasteiger partial charge >= 0.3 is 0 Å². The van der Waals surface area contributed by atoms with Crippen molar-refractivity contribution < 1.29 is 8.42 Å². The van der Waals surface area contributed by atoms with E-state index in [2.05, 4.69) is 16.9 Å². The van der Waals surface area contributed by atoms with Gasteiger partial charge in [-0.3, -0.25) is 0 Å². The third-order valence-electron chi connectivity index (χ3n) is 2.71. The molecular weight excluding hydrogens is 232 g/mol. The van der Waals surface area contributed by atoms with Gasteiger partial charge in [-0.25, -0.2) is 13.1 Å². The zero-order valence-electron chi connectivity index (χ0n) is 9.65. The average Bonchev–Trinajstić information content (AvgIpc) is 2.14. The Morgan fingerprint density at radius 2 is 1.87 bits per heavy atom. The Bertz CT molecular complexity index is 314. The van der Waals surface area contributed by atoms with Gasteiger partial charge in [-0.05, 0) is 19.8 Å². The van der Waals surface area contributed by atoms with E-state index in [9.17, 15) is 8.42 Å². The quantitative estimate of drug-likeness (QED) is 0.692. The molecule has 3 unspecified atom stereocenters. The van der Waals surface area contributed by atoms with Crippen molar-refractivity contribution in [2.45, 2.75) is 45.4 Å². The summed E-state index contributed by atoms with van der Waals surface area (Å²) in [5.41, 5.74) is 5.32. The second-order valence-corrected chi connectivity index (χ2v) is 6.39. The molecule has 90 valence electrons. The van der Waals surface area contributed by atoms with Crippen LogP contribution in [0.2, 0.25) is 0 Å². The molecule has 0 aliphatic heterocycles. The molecule has 0 saturated carbocycles.